The number of nitrogens with zero attached hydrogens (tertiary/aromatic N) is 1. The van der Waals surface area contributed by atoms with Gasteiger partial charge in [-0.25, -0.2) is 15.0 Å². The number of amides is 2. The molecule has 2 heterocycles. The van der Waals surface area contributed by atoms with Crippen molar-refractivity contribution in [1.29, 1.82) is 0 Å². The third-order valence-corrected chi connectivity index (χ3v) is 6.10. The summed E-state index contributed by atoms with van der Waals surface area (Å²) in [6, 6.07) is 3.34. The quantitative estimate of drug-likeness (QED) is 0.454. The Bertz CT molecular complexity index is 812. The average Bonchev–Trinajstić information content (AvgIpc) is 3.22. The Hall–Kier alpha value is -2.19. The lowest BCUT2D eigenvalue weighted by Crippen LogP contribution is -2.25. The molecule has 0 aliphatic heterocycles. The first-order valence-corrected chi connectivity index (χ1v) is 10.2. The number of carbonyl (C=O) groups excluding carboxylic acids is 2. The molecule has 2 N–H and O–H groups in total. The highest BCUT2D eigenvalue weighted by Crippen LogP contribution is 2.40. The number of urea groups is 1. The predicted molar refractivity (Wildman–Crippen MR) is 106 cm³/mol. The number of carbonyl (C=O) groups is 2. The second-order valence-corrected chi connectivity index (χ2v) is 8.20. The number of hydrazone groups is 1. The number of thiophene rings is 2. The first-order valence-electron chi connectivity index (χ1n) is 8.53. The van der Waals surface area contributed by atoms with E-state index in [1.807, 2.05) is 17.5 Å². The van der Waals surface area contributed by atoms with Gasteiger partial charge in [-0.05, 0) is 49.1 Å². The van der Waals surface area contributed by atoms with Gasteiger partial charge >= 0.3 is 12.0 Å². The van der Waals surface area contributed by atoms with Crippen LogP contribution in [0.3, 0.4) is 0 Å². The molecule has 0 aromatic carbocycles. The van der Waals surface area contributed by atoms with Gasteiger partial charge in [-0.3, -0.25) is 5.32 Å². The molecule has 6 nitrogen and oxygen atoms in total. The van der Waals surface area contributed by atoms with E-state index in [9.17, 15) is 9.59 Å². The van der Waals surface area contributed by atoms with Gasteiger partial charge in [0.25, 0.3) is 0 Å². The summed E-state index contributed by atoms with van der Waals surface area (Å²) in [6.45, 7) is 4.28. The number of nitrogens with one attached hydrogen (secondary N) is 2. The van der Waals surface area contributed by atoms with E-state index >= 15 is 0 Å². The molecule has 0 radical (unpaired) electrons. The van der Waals surface area contributed by atoms with Crippen LogP contribution in [0, 0.1) is 5.92 Å². The van der Waals surface area contributed by atoms with Crippen molar-refractivity contribution in [3.63, 3.8) is 0 Å². The van der Waals surface area contributed by atoms with Gasteiger partial charge in [-0.1, -0.05) is 13.0 Å². The molecule has 2 amide bonds. The topological polar surface area (TPSA) is 79.8 Å². The Morgan fingerprint density at radius 1 is 1.46 bits per heavy atom. The summed E-state index contributed by atoms with van der Waals surface area (Å²) in [7, 11) is 0. The number of hydrogen-bond donors (Lipinski definition) is 2. The van der Waals surface area contributed by atoms with Crippen LogP contribution >= 0.6 is 22.7 Å². The van der Waals surface area contributed by atoms with E-state index in [1.54, 1.807) is 13.1 Å². The van der Waals surface area contributed by atoms with Crippen molar-refractivity contribution in [3.05, 3.63) is 38.4 Å². The van der Waals surface area contributed by atoms with Gasteiger partial charge in [-0.15, -0.1) is 22.7 Å². The third-order valence-electron chi connectivity index (χ3n) is 4.12. The molecule has 2 aromatic rings. The van der Waals surface area contributed by atoms with Crippen LogP contribution in [-0.4, -0.2) is 24.8 Å². The zero-order valence-electron chi connectivity index (χ0n) is 14.7. The maximum Gasteiger partial charge on any atom is 0.341 e. The summed E-state index contributed by atoms with van der Waals surface area (Å²) in [6.07, 6.45) is 4.37. The smallest absolute Gasteiger partial charge is 0.341 e. The fourth-order valence-corrected chi connectivity index (χ4v) is 4.89. The van der Waals surface area contributed by atoms with E-state index in [2.05, 4.69) is 22.8 Å². The summed E-state index contributed by atoms with van der Waals surface area (Å²) in [5, 5.41) is 9.15. The normalized spacial score (nSPS) is 16.3. The highest BCUT2D eigenvalue weighted by Gasteiger charge is 2.29. The van der Waals surface area contributed by atoms with Crippen molar-refractivity contribution < 1.29 is 14.3 Å². The SMILES string of the molecule is CCOC(=O)c1c(NC(=O)NN=Cc2cccs2)sc2c1CCC(C)C2. The molecule has 26 heavy (non-hydrogen) atoms. The van der Waals surface area contributed by atoms with E-state index < -0.39 is 6.03 Å². The van der Waals surface area contributed by atoms with Crippen molar-refractivity contribution in [3.8, 4) is 0 Å². The summed E-state index contributed by atoms with van der Waals surface area (Å²) in [4.78, 5) is 26.7. The standard InChI is InChI=1S/C18H21N3O3S2/c1-3-24-17(22)15-13-7-6-11(2)9-14(13)26-16(15)20-18(23)21-19-10-12-5-4-8-25-12/h4-5,8,10-11H,3,6-7,9H2,1-2H3,(H2,20,21,23). The average molecular weight is 392 g/mol. The van der Waals surface area contributed by atoms with Crippen LogP contribution in [0.25, 0.3) is 0 Å². The summed E-state index contributed by atoms with van der Waals surface area (Å²) >= 11 is 2.99. The first-order chi connectivity index (χ1) is 12.6. The third kappa shape index (κ3) is 4.31. The Morgan fingerprint density at radius 2 is 2.31 bits per heavy atom. The van der Waals surface area contributed by atoms with Crippen molar-refractivity contribution in [2.45, 2.75) is 33.1 Å². The molecule has 1 aliphatic rings. The molecule has 2 aromatic heterocycles. The van der Waals surface area contributed by atoms with Gasteiger partial charge in [0.15, 0.2) is 0 Å². The number of esters is 1. The van der Waals surface area contributed by atoms with Gasteiger partial charge in [0.05, 0.1) is 18.4 Å². The maximum absolute atomic E-state index is 12.4. The molecule has 0 saturated heterocycles. The minimum absolute atomic E-state index is 0.302. The van der Waals surface area contributed by atoms with Gasteiger partial charge in [0.2, 0.25) is 0 Å². The monoisotopic (exact) mass is 391 g/mol. The summed E-state index contributed by atoms with van der Waals surface area (Å²) < 4.78 is 5.20. The van der Waals surface area contributed by atoms with E-state index in [1.165, 1.54) is 22.7 Å². The zero-order valence-corrected chi connectivity index (χ0v) is 16.3. The second kappa shape index (κ2) is 8.46. The number of fused-ring (bicyclic) bond motifs is 1. The van der Waals surface area contributed by atoms with Crippen LogP contribution in [-0.2, 0) is 17.6 Å². The number of rotatable bonds is 5. The molecule has 0 bridgehead atoms. The highest BCUT2D eigenvalue weighted by atomic mass is 32.1. The van der Waals surface area contributed by atoms with Crippen molar-refractivity contribution in [2.24, 2.45) is 11.0 Å². The molecule has 1 atom stereocenters. The van der Waals surface area contributed by atoms with E-state index in [-0.39, 0.29) is 5.97 Å². The fraction of sp³-hybridized carbons (Fsp3) is 0.389. The van der Waals surface area contributed by atoms with Crippen LogP contribution in [0.4, 0.5) is 9.80 Å². The summed E-state index contributed by atoms with van der Waals surface area (Å²) in [5.41, 5.74) is 3.95. The van der Waals surface area contributed by atoms with Crippen molar-refractivity contribution >= 4 is 45.9 Å². The molecule has 3 rings (SSSR count). The lowest BCUT2D eigenvalue weighted by Gasteiger charge is -2.18. The number of anilines is 1. The fourth-order valence-electron chi connectivity index (χ4n) is 2.91. The molecule has 138 valence electrons. The van der Waals surface area contributed by atoms with E-state index in [4.69, 9.17) is 4.74 Å². The largest absolute Gasteiger partial charge is 0.462 e. The minimum Gasteiger partial charge on any atom is -0.462 e. The first kappa shape index (κ1) is 18.6. The Morgan fingerprint density at radius 3 is 3.04 bits per heavy atom. The highest BCUT2D eigenvalue weighted by molar-refractivity contribution is 7.17. The van der Waals surface area contributed by atoms with E-state index in [0.29, 0.717) is 23.1 Å². The minimum atomic E-state index is -0.477. The molecule has 1 aliphatic carbocycles. The van der Waals surface area contributed by atoms with Crippen molar-refractivity contribution in [2.75, 3.05) is 11.9 Å². The number of hydrogen-bond acceptors (Lipinski definition) is 6. The van der Waals surface area contributed by atoms with Gasteiger partial charge in [-0.2, -0.15) is 5.10 Å². The van der Waals surface area contributed by atoms with Crippen molar-refractivity contribution in [1.82, 2.24) is 5.43 Å². The lowest BCUT2D eigenvalue weighted by atomic mass is 9.88. The molecule has 0 saturated carbocycles. The van der Waals surface area contributed by atoms with Crippen LogP contribution in [0.1, 0.15) is 45.9 Å². The van der Waals surface area contributed by atoms with Gasteiger partial charge in [0, 0.05) is 9.75 Å². The lowest BCUT2D eigenvalue weighted by molar-refractivity contribution is 0.0526. The van der Waals surface area contributed by atoms with Crippen LogP contribution in [0.15, 0.2) is 22.6 Å². The Kier molecular flexibility index (Phi) is 6.05. The molecular formula is C18H21N3O3S2. The van der Waals surface area contributed by atoms with Gasteiger partial charge < -0.3 is 4.74 Å². The molecule has 1 unspecified atom stereocenters. The predicted octanol–water partition coefficient (Wildman–Crippen LogP) is 4.27. The molecule has 0 fully saturated rings. The number of ether oxygens (including phenoxy) is 1. The zero-order chi connectivity index (χ0) is 18.5. The van der Waals surface area contributed by atoms with E-state index in [0.717, 1.165) is 34.6 Å². The van der Waals surface area contributed by atoms with Crippen LogP contribution in [0.5, 0.6) is 0 Å². The van der Waals surface area contributed by atoms with Gasteiger partial charge in [0.1, 0.15) is 5.00 Å². The van der Waals surface area contributed by atoms with Crippen LogP contribution in [0.2, 0.25) is 0 Å². The summed E-state index contributed by atoms with van der Waals surface area (Å²) in [5.74, 6) is 0.199. The Balaban J connectivity index is 1.75. The second-order valence-electron chi connectivity index (χ2n) is 6.12. The molecular weight excluding hydrogens is 370 g/mol. The molecule has 8 heteroatoms. The molecule has 0 spiro atoms. The Labute approximate surface area is 160 Å². The van der Waals surface area contributed by atoms with Crippen LogP contribution < -0.4 is 10.7 Å². The maximum atomic E-state index is 12.4.